The van der Waals surface area contributed by atoms with E-state index in [9.17, 15) is 0 Å². The maximum absolute atomic E-state index is 4.66. The van der Waals surface area contributed by atoms with E-state index in [1.54, 1.807) is 11.3 Å². The van der Waals surface area contributed by atoms with Crippen LogP contribution in [0.15, 0.2) is 42.6 Å². The zero-order valence-electron chi connectivity index (χ0n) is 15.2. The first-order chi connectivity index (χ1) is 12.5. The Bertz CT molecular complexity index is 1010. The second kappa shape index (κ2) is 6.57. The molecule has 7 heteroatoms. The highest BCUT2D eigenvalue weighted by Crippen LogP contribution is 2.25. The normalized spacial score (nSPS) is 12.0. The van der Waals surface area contributed by atoms with Crippen molar-refractivity contribution >= 4 is 38.2 Å². The lowest BCUT2D eigenvalue weighted by atomic mass is 9.93. The zero-order chi connectivity index (χ0) is 18.1. The molecule has 2 N–H and O–H groups in total. The quantitative estimate of drug-likeness (QED) is 0.519. The van der Waals surface area contributed by atoms with Crippen LogP contribution in [0.4, 0.5) is 10.9 Å². The first-order valence-corrected chi connectivity index (χ1v) is 9.51. The minimum atomic E-state index is 0.0395. The molecule has 1 aromatic carbocycles. The van der Waals surface area contributed by atoms with Gasteiger partial charge < -0.3 is 10.6 Å². The number of hydrogen-bond donors (Lipinski definition) is 2. The van der Waals surface area contributed by atoms with Gasteiger partial charge in [-0.15, -0.1) is 5.10 Å². The summed E-state index contributed by atoms with van der Waals surface area (Å²) in [6.07, 6.45) is 2.01. The van der Waals surface area contributed by atoms with Crippen LogP contribution >= 0.6 is 11.3 Å². The maximum atomic E-state index is 4.66. The van der Waals surface area contributed by atoms with Crippen molar-refractivity contribution in [2.45, 2.75) is 26.2 Å². The molecule has 0 aliphatic carbocycles. The largest absolute Gasteiger partial charge is 0.368 e. The number of aromatic nitrogens is 4. The van der Waals surface area contributed by atoms with Crippen molar-refractivity contribution in [3.63, 3.8) is 0 Å². The summed E-state index contributed by atoms with van der Waals surface area (Å²) < 4.78 is 1.85. The standard InChI is InChI=1S/C19H22N6S/c1-19(2,3)15-12-25-18(23-15)26-17(24-25)21-11-10-20-16-9-8-13-6-4-5-7-14(13)22-16/h4-9,12H,10-11H2,1-3H3,(H,20,22)(H,21,24). The van der Waals surface area contributed by atoms with E-state index in [0.29, 0.717) is 0 Å². The lowest BCUT2D eigenvalue weighted by molar-refractivity contribution is 0.572. The van der Waals surface area contributed by atoms with Crippen molar-refractivity contribution in [3.05, 3.63) is 48.3 Å². The predicted molar refractivity (Wildman–Crippen MR) is 108 cm³/mol. The zero-order valence-corrected chi connectivity index (χ0v) is 16.0. The van der Waals surface area contributed by atoms with Crippen molar-refractivity contribution in [2.24, 2.45) is 0 Å². The summed E-state index contributed by atoms with van der Waals surface area (Å²) in [6, 6.07) is 12.2. The number of nitrogens with zero attached hydrogens (tertiary/aromatic N) is 4. The van der Waals surface area contributed by atoms with E-state index in [4.69, 9.17) is 0 Å². The van der Waals surface area contributed by atoms with Gasteiger partial charge in [-0.3, -0.25) is 0 Å². The van der Waals surface area contributed by atoms with E-state index in [2.05, 4.69) is 58.6 Å². The Morgan fingerprint density at radius 2 is 1.81 bits per heavy atom. The lowest BCUT2D eigenvalue weighted by Crippen LogP contribution is -2.14. The van der Waals surface area contributed by atoms with E-state index in [1.807, 2.05) is 35.0 Å². The molecule has 0 bridgehead atoms. The number of imidazole rings is 1. The van der Waals surface area contributed by atoms with Crippen molar-refractivity contribution in [3.8, 4) is 0 Å². The van der Waals surface area contributed by atoms with Gasteiger partial charge in [0.2, 0.25) is 10.1 Å². The summed E-state index contributed by atoms with van der Waals surface area (Å²) in [4.78, 5) is 10.2. The van der Waals surface area contributed by atoms with Gasteiger partial charge in [0.1, 0.15) is 5.82 Å². The number of fused-ring (bicyclic) bond motifs is 2. The van der Waals surface area contributed by atoms with Gasteiger partial charge in [0.05, 0.1) is 17.4 Å². The Hall–Kier alpha value is -2.67. The van der Waals surface area contributed by atoms with Gasteiger partial charge in [-0.1, -0.05) is 50.3 Å². The third-order valence-electron chi connectivity index (χ3n) is 4.12. The Morgan fingerprint density at radius 3 is 2.62 bits per heavy atom. The second-order valence-corrected chi connectivity index (χ2v) is 8.21. The molecular formula is C19H22N6S. The van der Waals surface area contributed by atoms with Gasteiger partial charge in [-0.05, 0) is 18.2 Å². The number of para-hydroxylation sites is 1. The van der Waals surface area contributed by atoms with E-state index in [-0.39, 0.29) is 5.41 Å². The molecule has 0 amide bonds. The molecule has 3 aromatic heterocycles. The molecule has 0 spiro atoms. The molecular weight excluding hydrogens is 344 g/mol. The summed E-state index contributed by atoms with van der Waals surface area (Å²) in [5.74, 6) is 0.884. The first-order valence-electron chi connectivity index (χ1n) is 8.69. The van der Waals surface area contributed by atoms with Crippen LogP contribution in [0.3, 0.4) is 0 Å². The van der Waals surface area contributed by atoms with Crippen LogP contribution in [0.2, 0.25) is 0 Å². The number of rotatable bonds is 5. The second-order valence-electron chi connectivity index (χ2n) is 7.25. The van der Waals surface area contributed by atoms with Crippen molar-refractivity contribution < 1.29 is 0 Å². The van der Waals surface area contributed by atoms with E-state index < -0.39 is 0 Å². The summed E-state index contributed by atoms with van der Waals surface area (Å²) in [6.45, 7) is 8.00. The third kappa shape index (κ3) is 3.48. The predicted octanol–water partition coefficient (Wildman–Crippen LogP) is 4.16. The molecule has 6 nitrogen and oxygen atoms in total. The maximum Gasteiger partial charge on any atom is 0.214 e. The van der Waals surface area contributed by atoms with Gasteiger partial charge in [0.15, 0.2) is 0 Å². The van der Waals surface area contributed by atoms with Crippen LogP contribution in [0.25, 0.3) is 15.9 Å². The molecule has 0 aliphatic heterocycles. The number of pyridine rings is 1. The fourth-order valence-electron chi connectivity index (χ4n) is 2.66. The molecule has 26 heavy (non-hydrogen) atoms. The molecule has 0 saturated carbocycles. The van der Waals surface area contributed by atoms with Crippen molar-refractivity contribution in [1.82, 2.24) is 19.6 Å². The SMILES string of the molecule is CC(C)(C)c1cn2nc(NCCNc3ccc4ccccc4n3)sc2n1. The molecule has 0 aliphatic rings. The average molecular weight is 366 g/mol. The molecule has 0 radical (unpaired) electrons. The van der Waals surface area contributed by atoms with Gasteiger partial charge in [0, 0.05) is 23.9 Å². The van der Waals surface area contributed by atoms with Crippen LogP contribution in [0.5, 0.6) is 0 Å². The molecule has 4 rings (SSSR count). The fourth-order valence-corrected chi connectivity index (χ4v) is 3.46. The monoisotopic (exact) mass is 366 g/mol. The molecule has 0 saturated heterocycles. The average Bonchev–Trinajstić information content (AvgIpc) is 3.17. The lowest BCUT2D eigenvalue weighted by Gasteiger charge is -2.13. The molecule has 3 heterocycles. The molecule has 4 aromatic rings. The molecule has 0 unspecified atom stereocenters. The van der Waals surface area contributed by atoms with E-state index in [0.717, 1.165) is 45.6 Å². The highest BCUT2D eigenvalue weighted by atomic mass is 32.1. The summed E-state index contributed by atoms with van der Waals surface area (Å²) in [5.41, 5.74) is 2.10. The molecule has 0 atom stereocenters. The topological polar surface area (TPSA) is 67.1 Å². The van der Waals surface area contributed by atoms with E-state index in [1.165, 1.54) is 0 Å². The number of anilines is 2. The summed E-state index contributed by atoms with van der Waals surface area (Å²) in [7, 11) is 0. The third-order valence-corrected chi connectivity index (χ3v) is 5.00. The molecule has 0 fully saturated rings. The summed E-state index contributed by atoms with van der Waals surface area (Å²) >= 11 is 1.57. The highest BCUT2D eigenvalue weighted by molar-refractivity contribution is 7.20. The number of hydrogen-bond acceptors (Lipinski definition) is 6. The van der Waals surface area contributed by atoms with E-state index >= 15 is 0 Å². The minimum absolute atomic E-state index is 0.0395. The van der Waals surface area contributed by atoms with Gasteiger partial charge >= 0.3 is 0 Å². The number of benzene rings is 1. The van der Waals surface area contributed by atoms with Crippen LogP contribution in [-0.2, 0) is 5.41 Å². The van der Waals surface area contributed by atoms with Crippen molar-refractivity contribution in [1.29, 1.82) is 0 Å². The Kier molecular flexibility index (Phi) is 4.24. The fraction of sp³-hybridized carbons (Fsp3) is 0.316. The van der Waals surface area contributed by atoms with Crippen LogP contribution in [0.1, 0.15) is 26.5 Å². The Labute approximate surface area is 156 Å². The first kappa shape index (κ1) is 16.8. The summed E-state index contributed by atoms with van der Waals surface area (Å²) in [5, 5.41) is 13.3. The van der Waals surface area contributed by atoms with Crippen LogP contribution in [-0.4, -0.2) is 32.7 Å². The van der Waals surface area contributed by atoms with Crippen molar-refractivity contribution in [2.75, 3.05) is 23.7 Å². The van der Waals surface area contributed by atoms with Gasteiger partial charge in [0.25, 0.3) is 0 Å². The van der Waals surface area contributed by atoms with Gasteiger partial charge in [-0.2, -0.15) is 0 Å². The number of nitrogens with one attached hydrogen (secondary N) is 2. The Morgan fingerprint density at radius 1 is 1.00 bits per heavy atom. The Balaban J connectivity index is 1.34. The van der Waals surface area contributed by atoms with Gasteiger partial charge in [-0.25, -0.2) is 14.5 Å². The van der Waals surface area contributed by atoms with Crippen LogP contribution in [0, 0.1) is 0 Å². The molecule has 134 valence electrons. The smallest absolute Gasteiger partial charge is 0.214 e. The highest BCUT2D eigenvalue weighted by Gasteiger charge is 2.19. The minimum Gasteiger partial charge on any atom is -0.368 e. The van der Waals surface area contributed by atoms with Crippen LogP contribution < -0.4 is 10.6 Å².